The molecule has 0 radical (unpaired) electrons. The fourth-order valence-electron chi connectivity index (χ4n) is 7.82. The summed E-state index contributed by atoms with van der Waals surface area (Å²) in [5, 5.41) is 10.7. The van der Waals surface area contributed by atoms with Gasteiger partial charge in [0.2, 0.25) is 0 Å². The number of ketones is 2. The summed E-state index contributed by atoms with van der Waals surface area (Å²) in [7, 11) is 0. The number of aromatic amines is 1. The fourth-order valence-corrected chi connectivity index (χ4v) is 7.82. The Labute approximate surface area is 294 Å². The zero-order valence-electron chi connectivity index (χ0n) is 29.9. The molecule has 254 valence electrons. The average Bonchev–Trinajstić information content (AvgIpc) is 3.85. The first-order chi connectivity index (χ1) is 24.0. The normalized spacial score (nSPS) is 16.8. The maximum absolute atomic E-state index is 12.7. The highest BCUT2D eigenvalue weighted by atomic mass is 16.1. The number of fused-ring (bicyclic) bond motifs is 4. The van der Waals surface area contributed by atoms with Crippen molar-refractivity contribution in [1.29, 1.82) is 5.26 Å². The van der Waals surface area contributed by atoms with Crippen molar-refractivity contribution in [2.24, 2.45) is 22.6 Å². The van der Waals surface area contributed by atoms with Gasteiger partial charge in [-0.1, -0.05) is 52.3 Å². The van der Waals surface area contributed by atoms with Crippen molar-refractivity contribution >= 4 is 45.5 Å². The Morgan fingerprint density at radius 1 is 1.08 bits per heavy atom. The van der Waals surface area contributed by atoms with Crippen LogP contribution in [0.5, 0.6) is 0 Å². The molecule has 2 aliphatic carbocycles. The second-order valence-electron chi connectivity index (χ2n) is 15.0. The van der Waals surface area contributed by atoms with Gasteiger partial charge in [0.1, 0.15) is 0 Å². The number of nitrogens with zero attached hydrogens (tertiary/aromatic N) is 3. The summed E-state index contributed by atoms with van der Waals surface area (Å²) in [6.07, 6.45) is 6.69. The Morgan fingerprint density at radius 3 is 2.48 bits per heavy atom. The molecule has 7 heteroatoms. The molecule has 50 heavy (non-hydrogen) atoms. The van der Waals surface area contributed by atoms with Gasteiger partial charge >= 0.3 is 0 Å². The minimum absolute atomic E-state index is 0.00634. The molecule has 7 rings (SSSR count). The van der Waals surface area contributed by atoms with Crippen molar-refractivity contribution in [1.82, 2.24) is 4.98 Å². The molecule has 2 fully saturated rings. The Morgan fingerprint density at radius 2 is 1.84 bits per heavy atom. The van der Waals surface area contributed by atoms with Gasteiger partial charge in [-0.3, -0.25) is 14.6 Å². The molecular formula is C43H45N5O2. The third-order valence-corrected chi connectivity index (χ3v) is 10.8. The van der Waals surface area contributed by atoms with Crippen LogP contribution in [0.15, 0.2) is 65.3 Å². The highest BCUT2D eigenvalue weighted by Gasteiger charge is 2.40. The highest BCUT2D eigenvalue weighted by molar-refractivity contribution is 6.11. The zero-order valence-corrected chi connectivity index (χ0v) is 29.9. The lowest BCUT2D eigenvalue weighted by molar-refractivity contribution is 0.0927. The molecule has 1 aliphatic heterocycles. The van der Waals surface area contributed by atoms with E-state index < -0.39 is 0 Å². The molecule has 4 aromatic rings. The number of hydrogen-bond acceptors (Lipinski definition) is 6. The van der Waals surface area contributed by atoms with Crippen molar-refractivity contribution in [2.75, 3.05) is 24.5 Å². The summed E-state index contributed by atoms with van der Waals surface area (Å²) in [5.41, 5.74) is 20.8. The number of hydrogen-bond donors (Lipinski definition) is 2. The van der Waals surface area contributed by atoms with Gasteiger partial charge in [-0.15, -0.1) is 0 Å². The molecule has 0 bridgehead atoms. The number of carbonyl (C=O) groups excluding carboxylic acids is 2. The number of benzene rings is 3. The molecule has 2 heterocycles. The maximum Gasteiger partial charge on any atom is 0.166 e. The maximum atomic E-state index is 12.7. The van der Waals surface area contributed by atoms with E-state index >= 15 is 0 Å². The van der Waals surface area contributed by atoms with Crippen LogP contribution in [0.25, 0.3) is 22.0 Å². The number of nitrogens with one attached hydrogen (secondary N) is 1. The number of anilines is 1. The smallest absolute Gasteiger partial charge is 0.166 e. The van der Waals surface area contributed by atoms with Crippen molar-refractivity contribution in [2.45, 2.75) is 66.2 Å². The Bertz CT molecular complexity index is 2210. The van der Waals surface area contributed by atoms with Crippen molar-refractivity contribution in [3.05, 3.63) is 111 Å². The standard InChI is InChI=1S/C43H45N5O2/c1-7-28-15-36-37(43(5,6)42-40(39(36)29-9-10-29)33-12-8-26(18-44)14-38(33)47-42)17-35(28)30(19-45)21-46-20-27-22-48(23-27)31-11-13-32(41(50)24(2)3)34(16-31)25(4)49/h8,11-17,19,21,24,27,47H,7,9-10,20,22-23,45H2,1-6H3/b30-19+,46-21?. The van der Waals surface area contributed by atoms with Gasteiger partial charge in [-0.25, -0.2) is 0 Å². The van der Waals surface area contributed by atoms with E-state index in [9.17, 15) is 14.9 Å². The molecule has 3 aliphatic rings. The van der Waals surface area contributed by atoms with Crippen LogP contribution in [0.2, 0.25) is 0 Å². The van der Waals surface area contributed by atoms with Crippen LogP contribution in [0.1, 0.15) is 114 Å². The first-order valence-electron chi connectivity index (χ1n) is 17.8. The van der Waals surface area contributed by atoms with Gasteiger partial charge in [0.05, 0.1) is 11.6 Å². The van der Waals surface area contributed by atoms with Crippen LogP contribution in [0.3, 0.4) is 0 Å². The Kier molecular flexibility index (Phi) is 8.38. The van der Waals surface area contributed by atoms with Gasteiger partial charge in [0.15, 0.2) is 11.6 Å². The quantitative estimate of drug-likeness (QED) is 0.138. The Balaban J connectivity index is 1.13. The summed E-state index contributed by atoms with van der Waals surface area (Å²) >= 11 is 0. The molecule has 0 amide bonds. The summed E-state index contributed by atoms with van der Waals surface area (Å²) in [6.45, 7) is 14.3. The highest BCUT2D eigenvalue weighted by Crippen LogP contribution is 2.54. The Hall–Kier alpha value is -5.22. The van der Waals surface area contributed by atoms with E-state index in [0.717, 1.165) is 54.7 Å². The van der Waals surface area contributed by atoms with E-state index in [0.29, 0.717) is 29.2 Å². The molecule has 1 saturated carbocycles. The summed E-state index contributed by atoms with van der Waals surface area (Å²) in [4.78, 5) is 35.9. The van der Waals surface area contributed by atoms with Crippen LogP contribution in [-0.2, 0) is 11.8 Å². The predicted octanol–water partition coefficient (Wildman–Crippen LogP) is 8.39. The monoisotopic (exact) mass is 663 g/mol. The number of carbonyl (C=O) groups is 2. The lowest BCUT2D eigenvalue weighted by Gasteiger charge is -2.40. The molecule has 3 aromatic carbocycles. The second-order valence-corrected chi connectivity index (χ2v) is 15.0. The number of nitrogens with two attached hydrogens (primary N) is 1. The van der Waals surface area contributed by atoms with Crippen molar-refractivity contribution in [3.8, 4) is 6.07 Å². The van der Waals surface area contributed by atoms with E-state index in [1.165, 1.54) is 51.4 Å². The number of aromatic nitrogens is 1. The number of H-pyrrole nitrogens is 1. The third-order valence-electron chi connectivity index (χ3n) is 10.8. The summed E-state index contributed by atoms with van der Waals surface area (Å²) in [6, 6.07) is 18.6. The second kappa shape index (κ2) is 12.6. The van der Waals surface area contributed by atoms with Crippen LogP contribution in [0.4, 0.5) is 5.69 Å². The molecule has 0 unspecified atom stereocenters. The number of allylic oxidation sites excluding steroid dienone is 2. The van der Waals surface area contributed by atoms with E-state index in [1.807, 2.05) is 44.3 Å². The van der Waals surface area contributed by atoms with Crippen molar-refractivity contribution < 1.29 is 9.59 Å². The van der Waals surface area contributed by atoms with E-state index in [4.69, 9.17) is 10.7 Å². The molecule has 7 nitrogen and oxygen atoms in total. The van der Waals surface area contributed by atoms with E-state index in [-0.39, 0.29) is 22.9 Å². The number of rotatable bonds is 9. The minimum Gasteiger partial charge on any atom is -0.404 e. The first-order valence-corrected chi connectivity index (χ1v) is 17.8. The van der Waals surface area contributed by atoms with Crippen LogP contribution < -0.4 is 10.6 Å². The summed E-state index contributed by atoms with van der Waals surface area (Å²) < 4.78 is 0. The molecule has 1 saturated heterocycles. The molecule has 1 aromatic heterocycles. The van der Waals surface area contributed by atoms with Gasteiger partial charge < -0.3 is 15.6 Å². The zero-order chi connectivity index (χ0) is 35.5. The molecular weight excluding hydrogens is 619 g/mol. The van der Waals surface area contributed by atoms with Crippen LogP contribution >= 0.6 is 0 Å². The number of aliphatic imine (C=N–C) groups is 1. The predicted molar refractivity (Wildman–Crippen MR) is 203 cm³/mol. The first kappa shape index (κ1) is 33.3. The summed E-state index contributed by atoms with van der Waals surface area (Å²) in [5.74, 6) is 0.120. The molecule has 3 N–H and O–H groups in total. The van der Waals surface area contributed by atoms with Crippen LogP contribution in [0, 0.1) is 23.2 Å². The molecule has 0 spiro atoms. The number of nitriles is 1. The molecule has 0 atom stereocenters. The minimum atomic E-state index is -0.300. The average molecular weight is 664 g/mol. The van der Waals surface area contributed by atoms with E-state index in [1.54, 1.807) is 12.3 Å². The lowest BCUT2D eigenvalue weighted by Crippen LogP contribution is -2.48. The third kappa shape index (κ3) is 5.57. The van der Waals surface area contributed by atoms with Gasteiger partial charge in [-0.05, 0) is 90.4 Å². The van der Waals surface area contributed by atoms with Crippen LogP contribution in [-0.4, -0.2) is 42.4 Å². The number of aryl methyl sites for hydroxylation is 1. The largest absolute Gasteiger partial charge is 0.404 e. The fraction of sp³-hybridized carbons (Fsp3) is 0.349. The van der Waals surface area contributed by atoms with Crippen molar-refractivity contribution in [3.63, 3.8) is 0 Å². The van der Waals surface area contributed by atoms with Gasteiger partial charge in [0.25, 0.3) is 0 Å². The van der Waals surface area contributed by atoms with Gasteiger partial charge in [-0.2, -0.15) is 5.26 Å². The SMILES string of the molecule is CCc1cc2c(cc1/C(C=NCC1CN(c3ccc(C(=O)C(C)C)c(C(C)=O)c3)C1)=C/N)C(C)(C)c1[nH]c3cc(C#N)ccc3c1C2=C1CC1. The number of Topliss-reactive ketones (excluding diaryl/α,β-unsaturated/α-hetero) is 2. The topological polar surface area (TPSA) is 115 Å². The lowest BCUT2D eigenvalue weighted by atomic mass is 9.68. The van der Waals surface area contributed by atoms with E-state index in [2.05, 4.69) is 54.9 Å². The van der Waals surface area contributed by atoms with Gasteiger partial charge in [0, 0.05) is 93.8 Å².